The lowest BCUT2D eigenvalue weighted by Gasteiger charge is -2.12. The first kappa shape index (κ1) is 21.4. The van der Waals surface area contributed by atoms with Crippen LogP contribution in [0.25, 0.3) is 11.0 Å². The normalized spacial score (nSPS) is 10.8. The van der Waals surface area contributed by atoms with Crippen LogP contribution in [0.4, 0.5) is 0 Å². The predicted molar refractivity (Wildman–Crippen MR) is 125 cm³/mol. The molecular formula is C26H27N3O3. The first-order valence-corrected chi connectivity index (χ1v) is 10.8. The average Bonchev–Trinajstić information content (AvgIpc) is 3.19. The van der Waals surface area contributed by atoms with Gasteiger partial charge < -0.3 is 19.4 Å². The van der Waals surface area contributed by atoms with Gasteiger partial charge in [0.05, 0.1) is 24.8 Å². The Labute approximate surface area is 187 Å². The fraction of sp³-hybridized carbons (Fsp3) is 0.231. The maximum Gasteiger partial charge on any atom is 0.251 e. The van der Waals surface area contributed by atoms with Gasteiger partial charge in [-0.05, 0) is 42.8 Å². The molecule has 0 bridgehead atoms. The summed E-state index contributed by atoms with van der Waals surface area (Å²) in [6.07, 6.45) is 1.47. The molecule has 0 saturated heterocycles. The molecule has 0 aliphatic heterocycles. The van der Waals surface area contributed by atoms with Crippen LogP contribution in [0.15, 0.2) is 78.9 Å². The molecule has 1 aromatic heterocycles. The van der Waals surface area contributed by atoms with E-state index in [1.165, 1.54) is 0 Å². The number of imidazole rings is 1. The molecular weight excluding hydrogens is 402 g/mol. The molecule has 1 heterocycles. The Morgan fingerprint density at radius 1 is 0.938 bits per heavy atom. The number of benzene rings is 3. The van der Waals surface area contributed by atoms with Gasteiger partial charge >= 0.3 is 0 Å². The Hall–Kier alpha value is -3.80. The van der Waals surface area contributed by atoms with E-state index in [4.69, 9.17) is 14.5 Å². The first-order valence-electron chi connectivity index (χ1n) is 10.8. The van der Waals surface area contributed by atoms with Gasteiger partial charge in [0.1, 0.15) is 5.82 Å². The fourth-order valence-corrected chi connectivity index (χ4v) is 3.69. The molecule has 0 fully saturated rings. The Morgan fingerprint density at radius 2 is 1.66 bits per heavy atom. The van der Waals surface area contributed by atoms with E-state index < -0.39 is 0 Å². The average molecular weight is 430 g/mol. The number of nitrogens with one attached hydrogen (secondary N) is 1. The van der Waals surface area contributed by atoms with Gasteiger partial charge in [-0.2, -0.15) is 0 Å². The minimum atomic E-state index is -0.0709. The van der Waals surface area contributed by atoms with Crippen molar-refractivity contribution in [3.8, 4) is 11.5 Å². The number of ether oxygens (including phenoxy) is 2. The molecule has 0 spiro atoms. The van der Waals surface area contributed by atoms with Crippen molar-refractivity contribution in [1.82, 2.24) is 14.9 Å². The lowest BCUT2D eigenvalue weighted by atomic mass is 10.2. The number of nitrogens with zero attached hydrogens (tertiary/aromatic N) is 2. The van der Waals surface area contributed by atoms with E-state index in [0.717, 1.165) is 41.3 Å². The minimum absolute atomic E-state index is 0.0709. The summed E-state index contributed by atoms with van der Waals surface area (Å²) in [5.41, 5.74) is 2.71. The number of rotatable bonds is 10. The maximum atomic E-state index is 12.3. The van der Waals surface area contributed by atoms with Gasteiger partial charge in [0.15, 0.2) is 11.5 Å². The van der Waals surface area contributed by atoms with E-state index in [2.05, 4.69) is 16.0 Å². The second-order valence-electron chi connectivity index (χ2n) is 7.39. The zero-order valence-electron chi connectivity index (χ0n) is 18.2. The van der Waals surface area contributed by atoms with E-state index in [9.17, 15) is 4.79 Å². The number of aromatic nitrogens is 2. The first-order chi connectivity index (χ1) is 15.8. The molecule has 4 aromatic rings. The largest absolute Gasteiger partial charge is 0.493 e. The van der Waals surface area contributed by atoms with E-state index in [1.54, 1.807) is 7.11 Å². The minimum Gasteiger partial charge on any atom is -0.493 e. The molecule has 164 valence electrons. The molecule has 6 heteroatoms. The number of hydrogen-bond donors (Lipinski definition) is 1. The molecule has 1 amide bonds. The van der Waals surface area contributed by atoms with Gasteiger partial charge in [0.2, 0.25) is 0 Å². The van der Waals surface area contributed by atoms with Gasteiger partial charge in [0, 0.05) is 25.1 Å². The molecule has 6 nitrogen and oxygen atoms in total. The van der Waals surface area contributed by atoms with E-state index >= 15 is 0 Å². The number of fused-ring (bicyclic) bond motifs is 1. The highest BCUT2D eigenvalue weighted by atomic mass is 16.5. The van der Waals surface area contributed by atoms with Gasteiger partial charge in [-0.1, -0.05) is 42.5 Å². The monoisotopic (exact) mass is 429 g/mol. The Morgan fingerprint density at radius 3 is 2.47 bits per heavy atom. The quantitative estimate of drug-likeness (QED) is 0.377. The lowest BCUT2D eigenvalue weighted by molar-refractivity contribution is 0.0954. The second kappa shape index (κ2) is 10.5. The summed E-state index contributed by atoms with van der Waals surface area (Å²) in [7, 11) is 1.64. The molecule has 0 aliphatic carbocycles. The number of aryl methyl sites for hydroxylation is 1. The molecule has 4 rings (SSSR count). The van der Waals surface area contributed by atoms with Crippen LogP contribution < -0.4 is 14.8 Å². The van der Waals surface area contributed by atoms with Crippen LogP contribution in [0.2, 0.25) is 0 Å². The number of carbonyl (C=O) groups is 1. The Balaban J connectivity index is 1.38. The topological polar surface area (TPSA) is 65.4 Å². The Kier molecular flexibility index (Phi) is 7.02. The number of methoxy groups -OCH3 is 1. The predicted octanol–water partition coefficient (Wildman–Crippen LogP) is 4.49. The standard InChI is InChI=1S/C26H27N3O3/c1-31-23-14-7-8-15-24(23)32-19-9-18-29-22-13-6-5-12-21(22)28-25(29)16-17-27-26(30)20-10-3-2-4-11-20/h2-8,10-15H,9,16-19H2,1H3,(H,27,30). The van der Waals surface area contributed by atoms with Crippen molar-refractivity contribution >= 4 is 16.9 Å². The summed E-state index contributed by atoms with van der Waals surface area (Å²) in [6, 6.07) is 25.0. The molecule has 32 heavy (non-hydrogen) atoms. The summed E-state index contributed by atoms with van der Waals surface area (Å²) in [5.74, 6) is 2.36. The number of para-hydroxylation sites is 4. The molecule has 0 unspecified atom stereocenters. The Bertz CT molecular complexity index is 1170. The van der Waals surface area contributed by atoms with E-state index in [0.29, 0.717) is 25.1 Å². The second-order valence-corrected chi connectivity index (χ2v) is 7.39. The highest BCUT2D eigenvalue weighted by molar-refractivity contribution is 5.94. The third-order valence-corrected chi connectivity index (χ3v) is 5.26. The lowest BCUT2D eigenvalue weighted by Crippen LogP contribution is -2.26. The third kappa shape index (κ3) is 5.09. The van der Waals surface area contributed by atoms with Crippen molar-refractivity contribution < 1.29 is 14.3 Å². The molecule has 3 aromatic carbocycles. The van der Waals surface area contributed by atoms with Gasteiger partial charge in [-0.15, -0.1) is 0 Å². The zero-order chi connectivity index (χ0) is 22.2. The van der Waals surface area contributed by atoms with Gasteiger partial charge in [-0.25, -0.2) is 4.98 Å². The smallest absolute Gasteiger partial charge is 0.251 e. The summed E-state index contributed by atoms with van der Waals surface area (Å²) < 4.78 is 13.5. The van der Waals surface area contributed by atoms with E-state index in [-0.39, 0.29) is 5.91 Å². The van der Waals surface area contributed by atoms with Crippen LogP contribution in [0, 0.1) is 0 Å². The summed E-state index contributed by atoms with van der Waals surface area (Å²) in [4.78, 5) is 17.1. The van der Waals surface area contributed by atoms with Crippen molar-refractivity contribution in [2.45, 2.75) is 19.4 Å². The van der Waals surface area contributed by atoms with Crippen molar-refractivity contribution in [3.05, 3.63) is 90.3 Å². The number of carbonyl (C=O) groups excluding carboxylic acids is 1. The fourth-order valence-electron chi connectivity index (χ4n) is 3.69. The van der Waals surface area contributed by atoms with E-state index in [1.807, 2.05) is 72.8 Å². The number of hydrogen-bond acceptors (Lipinski definition) is 4. The molecule has 0 aliphatic rings. The molecule has 0 saturated carbocycles. The highest BCUT2D eigenvalue weighted by Crippen LogP contribution is 2.26. The maximum absolute atomic E-state index is 12.3. The van der Waals surface area contributed by atoms with Crippen molar-refractivity contribution in [3.63, 3.8) is 0 Å². The van der Waals surface area contributed by atoms with Crippen LogP contribution in [0.3, 0.4) is 0 Å². The van der Waals surface area contributed by atoms with Crippen LogP contribution in [0.5, 0.6) is 11.5 Å². The van der Waals surface area contributed by atoms with Crippen LogP contribution in [-0.2, 0) is 13.0 Å². The summed E-state index contributed by atoms with van der Waals surface area (Å²) in [6.45, 7) is 1.86. The SMILES string of the molecule is COc1ccccc1OCCCn1c(CCNC(=O)c2ccccc2)nc2ccccc21. The molecule has 1 N–H and O–H groups in total. The molecule has 0 atom stereocenters. The van der Waals surface area contributed by atoms with Crippen LogP contribution >= 0.6 is 0 Å². The summed E-state index contributed by atoms with van der Waals surface area (Å²) in [5, 5.41) is 2.99. The van der Waals surface area contributed by atoms with Crippen molar-refractivity contribution in [1.29, 1.82) is 0 Å². The van der Waals surface area contributed by atoms with Gasteiger partial charge in [0.25, 0.3) is 5.91 Å². The summed E-state index contributed by atoms with van der Waals surface area (Å²) >= 11 is 0. The van der Waals surface area contributed by atoms with Crippen LogP contribution in [-0.4, -0.2) is 35.7 Å². The van der Waals surface area contributed by atoms with Crippen molar-refractivity contribution in [2.24, 2.45) is 0 Å². The van der Waals surface area contributed by atoms with Crippen LogP contribution in [0.1, 0.15) is 22.6 Å². The number of amides is 1. The molecule has 0 radical (unpaired) electrons. The third-order valence-electron chi connectivity index (χ3n) is 5.26. The highest BCUT2D eigenvalue weighted by Gasteiger charge is 2.12. The zero-order valence-corrected chi connectivity index (χ0v) is 18.2. The van der Waals surface area contributed by atoms with Crippen molar-refractivity contribution in [2.75, 3.05) is 20.3 Å². The van der Waals surface area contributed by atoms with Gasteiger partial charge in [-0.3, -0.25) is 4.79 Å².